The molecule has 0 radical (unpaired) electrons. The monoisotopic (exact) mass is 338 g/mol. The summed E-state index contributed by atoms with van der Waals surface area (Å²) >= 11 is 5.05. The van der Waals surface area contributed by atoms with Crippen LogP contribution in [0.15, 0.2) is 24.3 Å². The molecule has 23 heavy (non-hydrogen) atoms. The van der Waals surface area contributed by atoms with Gasteiger partial charge in [0.05, 0.1) is 19.6 Å². The normalized spacial score (nSPS) is 11.3. The third kappa shape index (κ3) is 7.60. The number of ether oxygens (including phenoxy) is 2. The molecular formula is C16H22N2O4S. The first kappa shape index (κ1) is 18.9. The lowest BCUT2D eigenvalue weighted by Gasteiger charge is -2.13. The van der Waals surface area contributed by atoms with Crippen LogP contribution in [-0.2, 0) is 14.3 Å². The molecule has 2 N–H and O–H groups in total. The van der Waals surface area contributed by atoms with E-state index in [0.29, 0.717) is 0 Å². The number of anilines is 1. The Bertz CT molecular complexity index is 546. The molecule has 126 valence electrons. The number of amides is 1. The van der Waals surface area contributed by atoms with Gasteiger partial charge in [-0.2, -0.15) is 0 Å². The van der Waals surface area contributed by atoms with E-state index < -0.39 is 5.97 Å². The molecule has 0 bridgehead atoms. The van der Waals surface area contributed by atoms with Gasteiger partial charge in [0, 0.05) is 12.1 Å². The van der Waals surface area contributed by atoms with Gasteiger partial charge in [0.15, 0.2) is 5.11 Å². The zero-order valence-corrected chi connectivity index (χ0v) is 14.4. The smallest absolute Gasteiger partial charge is 0.306 e. The topological polar surface area (TPSA) is 76.7 Å². The largest absolute Gasteiger partial charge is 0.491 e. The molecule has 1 unspecified atom stereocenters. The Morgan fingerprint density at radius 1 is 1.22 bits per heavy atom. The Hall–Kier alpha value is -2.15. The lowest BCUT2D eigenvalue weighted by atomic mass is 10.3. The molecule has 0 saturated heterocycles. The molecule has 1 amide bonds. The maximum Gasteiger partial charge on any atom is 0.306 e. The molecule has 0 aromatic heterocycles. The molecule has 1 aromatic carbocycles. The van der Waals surface area contributed by atoms with Crippen molar-refractivity contribution in [1.29, 1.82) is 0 Å². The molecule has 1 aromatic rings. The summed E-state index contributed by atoms with van der Waals surface area (Å²) in [5.74, 6) is -0.00141. The van der Waals surface area contributed by atoms with Crippen LogP contribution < -0.4 is 15.4 Å². The number of benzene rings is 1. The van der Waals surface area contributed by atoms with Crippen molar-refractivity contribution in [2.75, 3.05) is 12.4 Å². The summed E-state index contributed by atoms with van der Waals surface area (Å²) in [6, 6.07) is 7.28. The lowest BCUT2D eigenvalue weighted by molar-refractivity contribution is -0.142. The van der Waals surface area contributed by atoms with Crippen LogP contribution in [0.4, 0.5) is 5.69 Å². The molecule has 0 spiro atoms. The van der Waals surface area contributed by atoms with Gasteiger partial charge in [0.25, 0.3) is 0 Å². The number of esters is 1. The third-order valence-corrected chi connectivity index (χ3v) is 3.27. The summed E-state index contributed by atoms with van der Waals surface area (Å²) in [5.41, 5.74) is 0.736. The molecule has 0 aliphatic heterocycles. The Balaban J connectivity index is 2.42. The van der Waals surface area contributed by atoms with Gasteiger partial charge < -0.3 is 20.1 Å². The molecule has 1 rings (SSSR count). The summed E-state index contributed by atoms with van der Waals surface area (Å²) in [6.45, 7) is 4.06. The number of hydrogen-bond acceptors (Lipinski definition) is 5. The molecule has 7 heteroatoms. The summed E-state index contributed by atoms with van der Waals surface area (Å²) in [6.07, 6.45) is 1.13. The van der Waals surface area contributed by atoms with Crippen LogP contribution in [0, 0.1) is 0 Å². The number of nitrogens with one attached hydrogen (secondary N) is 2. The van der Waals surface area contributed by atoms with Gasteiger partial charge in [0.1, 0.15) is 5.75 Å². The Morgan fingerprint density at radius 3 is 2.43 bits per heavy atom. The molecule has 0 saturated carbocycles. The van der Waals surface area contributed by atoms with Crippen molar-refractivity contribution in [3.05, 3.63) is 24.3 Å². The second-order valence-electron chi connectivity index (χ2n) is 4.94. The quantitative estimate of drug-likeness (QED) is 0.588. The van der Waals surface area contributed by atoms with Crippen molar-refractivity contribution in [1.82, 2.24) is 5.32 Å². The van der Waals surface area contributed by atoms with Crippen molar-refractivity contribution in [2.45, 2.75) is 39.2 Å². The van der Waals surface area contributed by atoms with Crippen molar-refractivity contribution in [3.63, 3.8) is 0 Å². The van der Waals surface area contributed by atoms with E-state index in [4.69, 9.17) is 17.0 Å². The van der Waals surface area contributed by atoms with Crippen molar-refractivity contribution in [2.24, 2.45) is 0 Å². The van der Waals surface area contributed by atoms with E-state index in [1.54, 1.807) is 0 Å². The number of thiocarbonyl (C=S) groups is 1. The molecule has 0 heterocycles. The standard InChI is InChI=1S/C16H22N2O4S/c1-4-11(2)22-13-7-5-12(6-8-13)17-16(23)18-14(19)9-10-15(20)21-3/h5-8,11H,4,9-10H2,1-3H3,(H2,17,18,19,23). The molecule has 0 fully saturated rings. The second-order valence-corrected chi connectivity index (χ2v) is 5.35. The average Bonchev–Trinajstić information content (AvgIpc) is 2.54. The molecule has 6 nitrogen and oxygen atoms in total. The maximum atomic E-state index is 11.6. The van der Waals surface area contributed by atoms with Crippen LogP contribution >= 0.6 is 12.2 Å². The first-order chi connectivity index (χ1) is 10.9. The molecule has 0 aliphatic rings. The van der Waals surface area contributed by atoms with E-state index >= 15 is 0 Å². The van der Waals surface area contributed by atoms with Crippen LogP contribution in [0.25, 0.3) is 0 Å². The van der Waals surface area contributed by atoms with E-state index in [1.165, 1.54) is 7.11 Å². The fourth-order valence-corrected chi connectivity index (χ4v) is 1.83. The molecule has 0 aliphatic carbocycles. The summed E-state index contributed by atoms with van der Waals surface area (Å²) in [5, 5.41) is 5.58. The molecule has 1 atom stereocenters. The average molecular weight is 338 g/mol. The highest BCUT2D eigenvalue weighted by atomic mass is 32.1. The van der Waals surface area contributed by atoms with E-state index in [0.717, 1.165) is 17.9 Å². The Morgan fingerprint density at radius 2 is 1.87 bits per heavy atom. The van der Waals surface area contributed by atoms with Crippen LogP contribution in [0.2, 0.25) is 0 Å². The van der Waals surface area contributed by atoms with Crippen LogP contribution in [0.5, 0.6) is 5.75 Å². The minimum Gasteiger partial charge on any atom is -0.491 e. The maximum absolute atomic E-state index is 11.6. The number of carbonyl (C=O) groups excluding carboxylic acids is 2. The number of hydrogen-bond donors (Lipinski definition) is 2. The highest BCUT2D eigenvalue weighted by molar-refractivity contribution is 7.80. The summed E-state index contributed by atoms with van der Waals surface area (Å²) in [7, 11) is 1.28. The predicted octanol–water partition coefficient (Wildman–Crippen LogP) is 2.63. The van der Waals surface area contributed by atoms with E-state index in [9.17, 15) is 9.59 Å². The van der Waals surface area contributed by atoms with Gasteiger partial charge in [-0.15, -0.1) is 0 Å². The van der Waals surface area contributed by atoms with Gasteiger partial charge in [-0.1, -0.05) is 6.92 Å². The number of carbonyl (C=O) groups is 2. The van der Waals surface area contributed by atoms with Gasteiger partial charge >= 0.3 is 5.97 Å². The molecular weight excluding hydrogens is 316 g/mol. The predicted molar refractivity (Wildman–Crippen MR) is 92.4 cm³/mol. The lowest BCUT2D eigenvalue weighted by Crippen LogP contribution is -2.34. The van der Waals surface area contributed by atoms with Gasteiger partial charge in [-0.3, -0.25) is 9.59 Å². The van der Waals surface area contributed by atoms with E-state index in [1.807, 2.05) is 31.2 Å². The minimum absolute atomic E-state index is 0.0204. The van der Waals surface area contributed by atoms with E-state index in [-0.39, 0.29) is 30.0 Å². The minimum atomic E-state index is -0.434. The van der Waals surface area contributed by atoms with Crippen LogP contribution in [0.3, 0.4) is 0 Å². The fraction of sp³-hybridized carbons (Fsp3) is 0.438. The van der Waals surface area contributed by atoms with Gasteiger partial charge in [0.2, 0.25) is 5.91 Å². The van der Waals surface area contributed by atoms with Gasteiger partial charge in [-0.25, -0.2) is 0 Å². The van der Waals surface area contributed by atoms with Crippen LogP contribution in [-0.4, -0.2) is 30.2 Å². The van der Waals surface area contributed by atoms with Crippen LogP contribution in [0.1, 0.15) is 33.1 Å². The summed E-state index contributed by atoms with van der Waals surface area (Å²) < 4.78 is 10.1. The second kappa shape index (κ2) is 9.78. The van der Waals surface area contributed by atoms with E-state index in [2.05, 4.69) is 22.3 Å². The zero-order valence-electron chi connectivity index (χ0n) is 13.5. The zero-order chi connectivity index (χ0) is 17.2. The SMILES string of the molecule is CCC(C)Oc1ccc(NC(=S)NC(=O)CCC(=O)OC)cc1. The Labute approximate surface area is 141 Å². The Kier molecular flexibility index (Phi) is 8.04. The highest BCUT2D eigenvalue weighted by Crippen LogP contribution is 2.17. The fourth-order valence-electron chi connectivity index (χ4n) is 1.60. The van der Waals surface area contributed by atoms with Crippen molar-refractivity contribution < 1.29 is 19.1 Å². The highest BCUT2D eigenvalue weighted by Gasteiger charge is 2.09. The van der Waals surface area contributed by atoms with Crippen molar-refractivity contribution >= 4 is 34.9 Å². The first-order valence-electron chi connectivity index (χ1n) is 7.39. The number of rotatable bonds is 7. The first-order valence-corrected chi connectivity index (χ1v) is 7.79. The number of methoxy groups -OCH3 is 1. The third-order valence-electron chi connectivity index (χ3n) is 3.06. The van der Waals surface area contributed by atoms with Gasteiger partial charge in [-0.05, 0) is 49.8 Å². The van der Waals surface area contributed by atoms with Crippen molar-refractivity contribution in [3.8, 4) is 5.75 Å². The summed E-state index contributed by atoms with van der Waals surface area (Å²) in [4.78, 5) is 22.6.